The summed E-state index contributed by atoms with van der Waals surface area (Å²) in [5.74, 6) is 0.597. The molecule has 0 heterocycles. The predicted molar refractivity (Wildman–Crippen MR) is 56.6 cm³/mol. The molecule has 2 heteroatoms. The van der Waals surface area contributed by atoms with E-state index >= 15 is 0 Å². The first-order valence-corrected chi connectivity index (χ1v) is 5.49. The minimum atomic E-state index is 0.255. The van der Waals surface area contributed by atoms with Gasteiger partial charge in [0.15, 0.2) is 0 Å². The van der Waals surface area contributed by atoms with Crippen molar-refractivity contribution in [3.05, 3.63) is 0 Å². The van der Waals surface area contributed by atoms with E-state index in [1.54, 1.807) is 0 Å². The van der Waals surface area contributed by atoms with Crippen molar-refractivity contribution in [2.75, 3.05) is 13.1 Å². The maximum atomic E-state index is 11.9. The molecule has 0 bridgehead atoms. The quantitative estimate of drug-likeness (QED) is 0.623. The van der Waals surface area contributed by atoms with E-state index < -0.39 is 0 Å². The molecule has 0 aromatic carbocycles. The van der Waals surface area contributed by atoms with Crippen LogP contribution < -0.4 is 0 Å². The lowest BCUT2D eigenvalue weighted by atomic mass is 9.99. The predicted octanol–water partition coefficient (Wildman–Crippen LogP) is 2.68. The fraction of sp³-hybridized carbons (Fsp3) is 0.909. The van der Waals surface area contributed by atoms with Crippen LogP contribution in [0.5, 0.6) is 0 Å². The summed E-state index contributed by atoms with van der Waals surface area (Å²) in [6.07, 6.45) is 3.11. The zero-order valence-electron chi connectivity index (χ0n) is 9.47. The highest BCUT2D eigenvalue weighted by Crippen LogP contribution is 2.14. The van der Waals surface area contributed by atoms with Crippen molar-refractivity contribution in [3.63, 3.8) is 0 Å². The van der Waals surface area contributed by atoms with Crippen LogP contribution in [0.1, 0.15) is 47.0 Å². The molecule has 2 nitrogen and oxygen atoms in total. The number of nitrogens with zero attached hydrogens (tertiary/aromatic N) is 1. The van der Waals surface area contributed by atoms with Crippen LogP contribution in [0, 0.1) is 5.92 Å². The van der Waals surface area contributed by atoms with Gasteiger partial charge in [0, 0.05) is 19.0 Å². The van der Waals surface area contributed by atoms with Crippen molar-refractivity contribution >= 4 is 5.91 Å². The minimum absolute atomic E-state index is 0.255. The van der Waals surface area contributed by atoms with E-state index in [9.17, 15) is 4.79 Å². The average molecular weight is 185 g/mol. The maximum Gasteiger partial charge on any atom is 0.225 e. The Morgan fingerprint density at radius 2 is 1.69 bits per heavy atom. The first-order chi connectivity index (χ1) is 6.21. The summed E-state index contributed by atoms with van der Waals surface area (Å²) in [5, 5.41) is 0. The second kappa shape index (κ2) is 6.93. The lowest BCUT2D eigenvalue weighted by Crippen LogP contribution is -2.35. The summed E-state index contributed by atoms with van der Waals surface area (Å²) in [4.78, 5) is 13.8. The second-order valence-electron chi connectivity index (χ2n) is 3.40. The smallest absolute Gasteiger partial charge is 0.225 e. The molecule has 0 N–H and O–H groups in total. The van der Waals surface area contributed by atoms with Crippen LogP contribution in [0.15, 0.2) is 0 Å². The van der Waals surface area contributed by atoms with E-state index in [1.807, 2.05) is 18.7 Å². The number of carbonyl (C=O) groups excluding carboxylic acids is 1. The molecule has 1 amide bonds. The topological polar surface area (TPSA) is 20.3 Å². The third-order valence-corrected chi connectivity index (χ3v) is 2.55. The zero-order chi connectivity index (χ0) is 10.3. The van der Waals surface area contributed by atoms with Gasteiger partial charge in [0.2, 0.25) is 5.91 Å². The SMILES string of the molecule is CCCC(CC)C(=O)N(CC)CC. The normalized spacial score (nSPS) is 12.6. The third kappa shape index (κ3) is 3.79. The molecule has 78 valence electrons. The van der Waals surface area contributed by atoms with Crippen molar-refractivity contribution in [1.29, 1.82) is 0 Å². The number of hydrogen-bond donors (Lipinski definition) is 0. The van der Waals surface area contributed by atoms with Crippen LogP contribution in [0.2, 0.25) is 0 Å². The van der Waals surface area contributed by atoms with Gasteiger partial charge in [-0.2, -0.15) is 0 Å². The van der Waals surface area contributed by atoms with Gasteiger partial charge in [-0.25, -0.2) is 0 Å². The summed E-state index contributed by atoms with van der Waals surface area (Å²) in [5.41, 5.74) is 0. The Balaban J connectivity index is 4.16. The molecule has 0 aromatic heterocycles. The fourth-order valence-electron chi connectivity index (χ4n) is 1.64. The van der Waals surface area contributed by atoms with Gasteiger partial charge in [0.1, 0.15) is 0 Å². The van der Waals surface area contributed by atoms with Crippen LogP contribution in [0.4, 0.5) is 0 Å². The molecule has 0 radical (unpaired) electrons. The molecule has 0 saturated heterocycles. The van der Waals surface area contributed by atoms with Crippen molar-refractivity contribution in [1.82, 2.24) is 4.90 Å². The molecule has 0 aromatic rings. The summed E-state index contributed by atoms with van der Waals surface area (Å²) in [6, 6.07) is 0. The monoisotopic (exact) mass is 185 g/mol. The molecule has 0 spiro atoms. The Morgan fingerprint density at radius 3 is 2.00 bits per heavy atom. The van der Waals surface area contributed by atoms with Crippen LogP contribution >= 0.6 is 0 Å². The van der Waals surface area contributed by atoms with Gasteiger partial charge >= 0.3 is 0 Å². The molecule has 0 aliphatic rings. The Hall–Kier alpha value is -0.530. The van der Waals surface area contributed by atoms with Crippen molar-refractivity contribution in [2.45, 2.75) is 47.0 Å². The van der Waals surface area contributed by atoms with Gasteiger partial charge in [0.25, 0.3) is 0 Å². The fourth-order valence-corrected chi connectivity index (χ4v) is 1.64. The second-order valence-corrected chi connectivity index (χ2v) is 3.40. The standard InChI is InChI=1S/C11H23NO/c1-5-9-10(6-2)11(13)12(7-3)8-4/h10H,5-9H2,1-4H3. The van der Waals surface area contributed by atoms with Gasteiger partial charge in [-0.05, 0) is 26.7 Å². The lowest BCUT2D eigenvalue weighted by Gasteiger charge is -2.24. The molecule has 1 unspecified atom stereocenters. The van der Waals surface area contributed by atoms with E-state index in [2.05, 4.69) is 13.8 Å². The Labute approximate surface area is 82.3 Å². The molecule has 13 heavy (non-hydrogen) atoms. The Kier molecular flexibility index (Phi) is 6.65. The molecule has 0 aliphatic heterocycles. The minimum Gasteiger partial charge on any atom is -0.343 e. The molecular formula is C11H23NO. The average Bonchev–Trinajstić information content (AvgIpc) is 2.15. The number of hydrogen-bond acceptors (Lipinski definition) is 1. The maximum absolute atomic E-state index is 11.9. The highest BCUT2D eigenvalue weighted by Gasteiger charge is 2.19. The summed E-state index contributed by atoms with van der Waals surface area (Å²) in [7, 11) is 0. The van der Waals surface area contributed by atoms with Gasteiger partial charge < -0.3 is 4.90 Å². The van der Waals surface area contributed by atoms with E-state index in [4.69, 9.17) is 0 Å². The van der Waals surface area contributed by atoms with E-state index in [1.165, 1.54) is 0 Å². The molecule has 0 aliphatic carbocycles. The largest absolute Gasteiger partial charge is 0.343 e. The summed E-state index contributed by atoms with van der Waals surface area (Å²) < 4.78 is 0. The molecule has 0 saturated carbocycles. The molecule has 0 rings (SSSR count). The van der Waals surface area contributed by atoms with Gasteiger partial charge in [-0.3, -0.25) is 4.79 Å². The highest BCUT2D eigenvalue weighted by atomic mass is 16.2. The Bertz CT molecular complexity index is 141. The lowest BCUT2D eigenvalue weighted by molar-refractivity contribution is -0.135. The highest BCUT2D eigenvalue weighted by molar-refractivity contribution is 5.78. The van der Waals surface area contributed by atoms with Crippen molar-refractivity contribution in [2.24, 2.45) is 5.92 Å². The van der Waals surface area contributed by atoms with Gasteiger partial charge in [0.05, 0.1) is 0 Å². The van der Waals surface area contributed by atoms with E-state index in [0.717, 1.165) is 32.4 Å². The molecule has 1 atom stereocenters. The number of rotatable bonds is 6. The molecule has 0 fully saturated rings. The number of carbonyl (C=O) groups is 1. The van der Waals surface area contributed by atoms with Crippen LogP contribution in [0.25, 0.3) is 0 Å². The van der Waals surface area contributed by atoms with Crippen molar-refractivity contribution < 1.29 is 4.79 Å². The van der Waals surface area contributed by atoms with Gasteiger partial charge in [-0.1, -0.05) is 20.3 Å². The summed E-state index contributed by atoms with van der Waals surface area (Å²) >= 11 is 0. The van der Waals surface area contributed by atoms with E-state index in [0.29, 0.717) is 5.91 Å². The van der Waals surface area contributed by atoms with Crippen molar-refractivity contribution in [3.8, 4) is 0 Å². The van der Waals surface area contributed by atoms with Gasteiger partial charge in [-0.15, -0.1) is 0 Å². The number of amides is 1. The van der Waals surface area contributed by atoms with Crippen LogP contribution in [0.3, 0.4) is 0 Å². The first-order valence-electron chi connectivity index (χ1n) is 5.49. The Morgan fingerprint density at radius 1 is 1.15 bits per heavy atom. The van der Waals surface area contributed by atoms with Crippen LogP contribution in [-0.2, 0) is 4.79 Å². The van der Waals surface area contributed by atoms with Crippen LogP contribution in [-0.4, -0.2) is 23.9 Å². The zero-order valence-corrected chi connectivity index (χ0v) is 9.47. The molecular weight excluding hydrogens is 162 g/mol. The van der Waals surface area contributed by atoms with E-state index in [-0.39, 0.29) is 5.92 Å². The first kappa shape index (κ1) is 12.5. The third-order valence-electron chi connectivity index (χ3n) is 2.55. The summed E-state index contributed by atoms with van der Waals surface area (Å²) in [6.45, 7) is 10.0.